The van der Waals surface area contributed by atoms with Crippen molar-refractivity contribution in [3.63, 3.8) is 0 Å². The molecule has 10 heteroatoms. The van der Waals surface area contributed by atoms with Crippen LogP contribution in [-0.4, -0.2) is 18.0 Å². The van der Waals surface area contributed by atoms with Gasteiger partial charge in [0.1, 0.15) is 9.90 Å². The first-order valence-electron chi connectivity index (χ1n) is 4.45. The normalized spacial score (nSPS) is 11.4. The molecule has 0 bridgehead atoms. The van der Waals surface area contributed by atoms with Gasteiger partial charge in [-0.1, -0.05) is 4.49 Å². The van der Waals surface area contributed by atoms with E-state index < -0.39 is 20.7 Å². The Morgan fingerprint density at radius 3 is 2.78 bits per heavy atom. The van der Waals surface area contributed by atoms with Gasteiger partial charge in [-0.05, 0) is 28.1 Å². The molecule has 0 aliphatic rings. The molecule has 0 saturated carbocycles. The number of anilines is 2. The molecule has 0 aliphatic heterocycles. The van der Waals surface area contributed by atoms with Gasteiger partial charge in [0.05, 0.1) is 10.7 Å². The zero-order valence-corrected chi connectivity index (χ0v) is 11.8. The lowest BCUT2D eigenvalue weighted by Crippen LogP contribution is -2.14. The molecule has 0 spiro atoms. The lowest BCUT2D eigenvalue weighted by molar-refractivity contribution is 0.567. The standard InChI is InChI=1S/C8H6BrFN4O2S2/c9-5-1-4(11)2-6(8(5)10)18(15,16)13-7-3-12-14-17-7/h1-3,13H,11H2. The minimum Gasteiger partial charge on any atom is -0.399 e. The van der Waals surface area contributed by atoms with Crippen LogP contribution in [0.4, 0.5) is 15.1 Å². The van der Waals surface area contributed by atoms with Crippen molar-refractivity contribution in [3.05, 3.63) is 28.6 Å². The molecular formula is C8H6BrFN4O2S2. The molecular weight excluding hydrogens is 347 g/mol. The van der Waals surface area contributed by atoms with Gasteiger partial charge in [-0.15, -0.1) is 5.10 Å². The maximum Gasteiger partial charge on any atom is 0.265 e. The number of rotatable bonds is 3. The van der Waals surface area contributed by atoms with E-state index in [-0.39, 0.29) is 15.2 Å². The third-order valence-electron chi connectivity index (χ3n) is 1.90. The van der Waals surface area contributed by atoms with Gasteiger partial charge in [-0.2, -0.15) is 0 Å². The van der Waals surface area contributed by atoms with Crippen LogP contribution in [0, 0.1) is 5.82 Å². The fourth-order valence-electron chi connectivity index (χ4n) is 1.18. The predicted octanol–water partition coefficient (Wildman–Crippen LogP) is 1.82. The molecule has 6 nitrogen and oxygen atoms in total. The minimum atomic E-state index is -4.06. The number of sulfonamides is 1. The van der Waals surface area contributed by atoms with E-state index in [9.17, 15) is 12.8 Å². The average molecular weight is 353 g/mol. The van der Waals surface area contributed by atoms with Crippen LogP contribution in [0.3, 0.4) is 0 Å². The van der Waals surface area contributed by atoms with Crippen LogP contribution in [0.5, 0.6) is 0 Å². The first-order chi connectivity index (χ1) is 8.40. The fraction of sp³-hybridized carbons (Fsp3) is 0. The van der Waals surface area contributed by atoms with Gasteiger partial charge in [0.15, 0.2) is 5.82 Å². The highest BCUT2D eigenvalue weighted by molar-refractivity contribution is 9.10. The van der Waals surface area contributed by atoms with Gasteiger partial charge in [0.25, 0.3) is 10.0 Å². The van der Waals surface area contributed by atoms with Crippen molar-refractivity contribution in [3.8, 4) is 0 Å². The molecule has 0 radical (unpaired) electrons. The summed E-state index contributed by atoms with van der Waals surface area (Å²) < 4.78 is 43.3. The van der Waals surface area contributed by atoms with E-state index in [1.807, 2.05) is 0 Å². The van der Waals surface area contributed by atoms with Gasteiger partial charge in [-0.3, -0.25) is 4.72 Å². The largest absolute Gasteiger partial charge is 0.399 e. The predicted molar refractivity (Wildman–Crippen MR) is 69.2 cm³/mol. The van der Waals surface area contributed by atoms with Crippen molar-refractivity contribution in [2.45, 2.75) is 4.90 Å². The van der Waals surface area contributed by atoms with Crippen molar-refractivity contribution in [2.24, 2.45) is 0 Å². The molecule has 0 fully saturated rings. The molecule has 1 aromatic carbocycles. The third-order valence-corrected chi connectivity index (χ3v) is 4.55. The van der Waals surface area contributed by atoms with Gasteiger partial charge in [0.2, 0.25) is 0 Å². The van der Waals surface area contributed by atoms with E-state index in [4.69, 9.17) is 5.73 Å². The number of nitrogens with two attached hydrogens (primary N) is 1. The second kappa shape index (κ2) is 4.78. The molecule has 0 saturated heterocycles. The van der Waals surface area contributed by atoms with E-state index >= 15 is 0 Å². The molecule has 1 aromatic heterocycles. The Hall–Kier alpha value is -1.26. The van der Waals surface area contributed by atoms with Crippen LogP contribution >= 0.6 is 27.5 Å². The highest BCUT2D eigenvalue weighted by atomic mass is 79.9. The number of nitrogens with zero attached hydrogens (tertiary/aromatic N) is 2. The van der Waals surface area contributed by atoms with Gasteiger partial charge >= 0.3 is 0 Å². The Kier molecular flexibility index (Phi) is 3.50. The average Bonchev–Trinajstić information content (AvgIpc) is 2.75. The highest BCUT2D eigenvalue weighted by Gasteiger charge is 2.22. The van der Waals surface area contributed by atoms with E-state index in [0.717, 1.165) is 17.6 Å². The van der Waals surface area contributed by atoms with Crippen molar-refractivity contribution in [1.29, 1.82) is 0 Å². The second-order valence-corrected chi connectivity index (χ2v) is 6.49. The summed E-state index contributed by atoms with van der Waals surface area (Å²) in [5.41, 5.74) is 5.62. The summed E-state index contributed by atoms with van der Waals surface area (Å²) in [7, 11) is -4.06. The number of nitrogens with one attached hydrogen (secondary N) is 1. The minimum absolute atomic E-state index is 0.0229. The second-order valence-electron chi connectivity index (χ2n) is 3.20. The molecule has 0 amide bonds. The van der Waals surface area contributed by atoms with Crippen molar-refractivity contribution < 1.29 is 12.8 Å². The highest BCUT2D eigenvalue weighted by Crippen LogP contribution is 2.27. The Morgan fingerprint density at radius 2 is 2.17 bits per heavy atom. The Balaban J connectivity index is 2.48. The number of nitrogen functional groups attached to an aromatic ring is 1. The number of aromatic nitrogens is 2. The fourth-order valence-corrected chi connectivity index (χ4v) is 3.61. The number of hydrogen-bond donors (Lipinski definition) is 2. The van der Waals surface area contributed by atoms with Gasteiger partial charge < -0.3 is 5.73 Å². The third kappa shape index (κ3) is 2.60. The van der Waals surface area contributed by atoms with Crippen LogP contribution in [0.25, 0.3) is 0 Å². The van der Waals surface area contributed by atoms with Gasteiger partial charge in [0, 0.05) is 17.2 Å². The van der Waals surface area contributed by atoms with Crippen molar-refractivity contribution in [2.75, 3.05) is 10.5 Å². The van der Waals surface area contributed by atoms with E-state index in [2.05, 4.69) is 30.2 Å². The first kappa shape index (κ1) is 13.2. The van der Waals surface area contributed by atoms with Crippen molar-refractivity contribution in [1.82, 2.24) is 9.59 Å². The Labute approximate surface area is 114 Å². The summed E-state index contributed by atoms with van der Waals surface area (Å²) in [5, 5.41) is 3.66. The zero-order valence-electron chi connectivity index (χ0n) is 8.59. The van der Waals surface area contributed by atoms with Crippen LogP contribution in [0.2, 0.25) is 0 Å². The molecule has 2 rings (SSSR count). The SMILES string of the molecule is Nc1cc(Br)c(F)c(S(=O)(=O)Nc2cnns2)c1. The molecule has 18 heavy (non-hydrogen) atoms. The summed E-state index contributed by atoms with van der Waals surface area (Å²) in [5.74, 6) is -0.908. The van der Waals surface area contributed by atoms with E-state index in [1.165, 1.54) is 12.3 Å². The molecule has 1 heterocycles. The Bertz CT molecular complexity index is 675. The number of benzene rings is 1. The first-order valence-corrected chi connectivity index (χ1v) is 7.50. The number of halogens is 2. The summed E-state index contributed by atoms with van der Waals surface area (Å²) in [6, 6.07) is 2.32. The molecule has 96 valence electrons. The topological polar surface area (TPSA) is 98.0 Å². The maximum absolute atomic E-state index is 13.8. The molecule has 0 aliphatic carbocycles. The summed E-state index contributed by atoms with van der Waals surface area (Å²) in [4.78, 5) is -0.539. The van der Waals surface area contributed by atoms with Crippen LogP contribution < -0.4 is 10.5 Å². The lowest BCUT2D eigenvalue weighted by Gasteiger charge is -2.08. The number of hydrogen-bond acceptors (Lipinski definition) is 6. The van der Waals surface area contributed by atoms with Gasteiger partial charge in [-0.25, -0.2) is 12.8 Å². The lowest BCUT2D eigenvalue weighted by atomic mass is 10.3. The molecule has 0 atom stereocenters. The zero-order chi connectivity index (χ0) is 13.3. The molecule has 2 aromatic rings. The smallest absolute Gasteiger partial charge is 0.265 e. The van der Waals surface area contributed by atoms with Crippen LogP contribution in [0.1, 0.15) is 0 Å². The molecule has 0 unspecified atom stereocenters. The quantitative estimate of drug-likeness (QED) is 0.821. The Morgan fingerprint density at radius 1 is 1.44 bits per heavy atom. The van der Waals surface area contributed by atoms with Crippen molar-refractivity contribution >= 4 is 48.2 Å². The summed E-state index contributed by atoms with van der Waals surface area (Å²) in [6.45, 7) is 0. The summed E-state index contributed by atoms with van der Waals surface area (Å²) in [6.07, 6.45) is 1.22. The van der Waals surface area contributed by atoms with Crippen LogP contribution in [-0.2, 0) is 10.0 Å². The van der Waals surface area contributed by atoms with E-state index in [1.54, 1.807) is 0 Å². The molecule has 3 N–H and O–H groups in total. The maximum atomic E-state index is 13.8. The summed E-state index contributed by atoms with van der Waals surface area (Å²) >= 11 is 3.74. The van der Waals surface area contributed by atoms with Crippen LogP contribution in [0.15, 0.2) is 27.7 Å². The van der Waals surface area contributed by atoms with E-state index in [0.29, 0.717) is 0 Å². The monoisotopic (exact) mass is 352 g/mol.